The van der Waals surface area contributed by atoms with Gasteiger partial charge in [0.05, 0.1) is 16.6 Å². The second-order valence-electron chi connectivity index (χ2n) is 4.69. The zero-order valence-electron chi connectivity index (χ0n) is 11.8. The van der Waals surface area contributed by atoms with Crippen LogP contribution < -0.4 is 10.1 Å². The number of hydrogen-bond acceptors (Lipinski definition) is 4. The minimum atomic E-state index is -0.0169. The molecule has 0 atom stereocenters. The van der Waals surface area contributed by atoms with Crippen LogP contribution in [0.5, 0.6) is 10.9 Å². The van der Waals surface area contributed by atoms with E-state index in [0.29, 0.717) is 22.4 Å². The first kappa shape index (κ1) is 14.8. The highest BCUT2D eigenvalue weighted by molar-refractivity contribution is 7.20. The normalized spacial score (nSPS) is 10.6. The van der Waals surface area contributed by atoms with Crippen molar-refractivity contribution in [2.24, 2.45) is 0 Å². The van der Waals surface area contributed by atoms with Crippen molar-refractivity contribution in [3.8, 4) is 10.9 Å². The molecule has 2 aromatic carbocycles. The maximum Gasteiger partial charge on any atom is 0.279 e. The third kappa shape index (κ3) is 3.37. The Morgan fingerprint density at radius 3 is 2.77 bits per heavy atom. The smallest absolute Gasteiger partial charge is 0.279 e. The fraction of sp³-hybridized carbons (Fsp3) is 0.125. The van der Waals surface area contributed by atoms with E-state index in [2.05, 4.69) is 10.3 Å². The van der Waals surface area contributed by atoms with Crippen molar-refractivity contribution >= 4 is 39.1 Å². The van der Waals surface area contributed by atoms with Gasteiger partial charge in [-0.05, 0) is 35.9 Å². The van der Waals surface area contributed by atoms with Gasteiger partial charge in [-0.2, -0.15) is 0 Å². The van der Waals surface area contributed by atoms with Gasteiger partial charge in [0.1, 0.15) is 5.75 Å². The zero-order chi connectivity index (χ0) is 15.5. The van der Waals surface area contributed by atoms with Crippen LogP contribution in [-0.4, -0.2) is 17.9 Å². The molecule has 0 aliphatic carbocycles. The van der Waals surface area contributed by atoms with Gasteiger partial charge >= 0.3 is 0 Å². The number of likely N-dealkylation sites (N-methyl/N-ethyl adjacent to an activating group) is 1. The molecule has 4 nitrogen and oxygen atoms in total. The Morgan fingerprint density at radius 1 is 1.27 bits per heavy atom. The predicted molar refractivity (Wildman–Crippen MR) is 88.9 cm³/mol. The van der Waals surface area contributed by atoms with Crippen LogP contribution >= 0.6 is 22.9 Å². The Balaban J connectivity index is 1.75. The molecule has 0 spiro atoms. The van der Waals surface area contributed by atoms with Gasteiger partial charge in [-0.25, -0.2) is 4.98 Å². The molecule has 0 saturated carbocycles. The van der Waals surface area contributed by atoms with E-state index < -0.39 is 0 Å². The highest BCUT2D eigenvalue weighted by Gasteiger charge is 2.07. The second-order valence-corrected chi connectivity index (χ2v) is 6.12. The van der Waals surface area contributed by atoms with E-state index in [1.807, 2.05) is 36.4 Å². The van der Waals surface area contributed by atoms with Crippen molar-refractivity contribution in [2.75, 3.05) is 7.05 Å². The average Bonchev–Trinajstić information content (AvgIpc) is 2.90. The molecule has 1 amide bonds. The number of benzene rings is 2. The van der Waals surface area contributed by atoms with Crippen LogP contribution in [0.15, 0.2) is 42.5 Å². The molecule has 112 valence electrons. The quantitative estimate of drug-likeness (QED) is 0.784. The molecule has 0 saturated heterocycles. The first-order valence-corrected chi connectivity index (χ1v) is 7.87. The van der Waals surface area contributed by atoms with Crippen molar-refractivity contribution in [1.29, 1.82) is 0 Å². The first-order valence-electron chi connectivity index (χ1n) is 6.67. The van der Waals surface area contributed by atoms with Crippen LogP contribution in [0, 0.1) is 0 Å². The topological polar surface area (TPSA) is 51.2 Å². The van der Waals surface area contributed by atoms with Crippen LogP contribution in [0.25, 0.3) is 10.2 Å². The Hall–Kier alpha value is -2.11. The molecule has 22 heavy (non-hydrogen) atoms. The maximum atomic E-state index is 11.3. The zero-order valence-corrected chi connectivity index (χ0v) is 13.4. The summed E-state index contributed by atoms with van der Waals surface area (Å²) in [5.74, 6) is 0.669. The Bertz CT molecular complexity index is 815. The number of carbonyl (C=O) groups is 1. The van der Waals surface area contributed by atoms with Gasteiger partial charge in [-0.1, -0.05) is 35.1 Å². The fourth-order valence-corrected chi connectivity index (χ4v) is 3.08. The van der Waals surface area contributed by atoms with E-state index >= 15 is 0 Å². The summed E-state index contributed by atoms with van der Waals surface area (Å²) < 4.78 is 6.74. The molecular formula is C16H13ClN2O2S. The number of nitrogens with zero attached hydrogens (tertiary/aromatic N) is 1. The van der Waals surface area contributed by atoms with Gasteiger partial charge in [0, 0.05) is 12.1 Å². The number of ether oxygens (including phenoxy) is 1. The molecule has 0 aliphatic heterocycles. The highest BCUT2D eigenvalue weighted by Crippen LogP contribution is 2.32. The number of carbonyl (C=O) groups excluding carboxylic acids is 1. The molecule has 0 radical (unpaired) electrons. The average molecular weight is 333 g/mol. The van der Waals surface area contributed by atoms with Crippen LogP contribution in [0.1, 0.15) is 5.56 Å². The van der Waals surface area contributed by atoms with Crippen molar-refractivity contribution in [3.63, 3.8) is 0 Å². The lowest BCUT2D eigenvalue weighted by molar-refractivity contribution is -0.119. The minimum absolute atomic E-state index is 0.0169. The van der Waals surface area contributed by atoms with Crippen molar-refractivity contribution in [3.05, 3.63) is 53.1 Å². The van der Waals surface area contributed by atoms with Gasteiger partial charge in [0.15, 0.2) is 0 Å². The van der Waals surface area contributed by atoms with Crippen LogP contribution in [-0.2, 0) is 11.2 Å². The SMILES string of the molecule is CNC(=O)Cc1ccc(Oc2nc3ccc(Cl)cc3s2)cc1. The second kappa shape index (κ2) is 6.34. The van der Waals surface area contributed by atoms with Crippen LogP contribution in [0.2, 0.25) is 5.02 Å². The van der Waals surface area contributed by atoms with Gasteiger partial charge < -0.3 is 10.1 Å². The van der Waals surface area contributed by atoms with E-state index in [1.165, 1.54) is 11.3 Å². The number of nitrogens with one attached hydrogen (secondary N) is 1. The Labute approximate surface area is 136 Å². The summed E-state index contributed by atoms with van der Waals surface area (Å²) in [4.78, 5) is 15.7. The summed E-state index contributed by atoms with van der Waals surface area (Å²) in [6.07, 6.45) is 0.358. The fourth-order valence-electron chi connectivity index (χ4n) is 1.97. The molecule has 3 aromatic rings. The Morgan fingerprint density at radius 2 is 2.05 bits per heavy atom. The summed E-state index contributed by atoms with van der Waals surface area (Å²) >= 11 is 7.41. The number of thiazole rings is 1. The number of hydrogen-bond donors (Lipinski definition) is 1. The third-order valence-corrected chi connectivity index (χ3v) is 4.23. The highest BCUT2D eigenvalue weighted by atomic mass is 35.5. The summed E-state index contributed by atoms with van der Waals surface area (Å²) in [6, 6.07) is 12.9. The molecule has 3 rings (SSSR count). The molecule has 0 bridgehead atoms. The number of rotatable bonds is 4. The summed E-state index contributed by atoms with van der Waals surface area (Å²) in [7, 11) is 1.62. The molecule has 6 heteroatoms. The van der Waals surface area contributed by atoms with Gasteiger partial charge in [-0.3, -0.25) is 4.79 Å². The number of amides is 1. The maximum absolute atomic E-state index is 11.3. The molecule has 0 fully saturated rings. The lowest BCUT2D eigenvalue weighted by Gasteiger charge is -2.03. The van der Waals surface area contributed by atoms with Crippen LogP contribution in [0.3, 0.4) is 0 Å². The van der Waals surface area contributed by atoms with E-state index in [-0.39, 0.29) is 5.91 Å². The van der Waals surface area contributed by atoms with Gasteiger partial charge in [0.25, 0.3) is 5.19 Å². The molecule has 1 N–H and O–H groups in total. The molecule has 1 heterocycles. The van der Waals surface area contributed by atoms with Crippen molar-refractivity contribution in [1.82, 2.24) is 10.3 Å². The number of fused-ring (bicyclic) bond motifs is 1. The molecule has 0 unspecified atom stereocenters. The molecule has 1 aromatic heterocycles. The number of aromatic nitrogens is 1. The van der Waals surface area contributed by atoms with Crippen molar-refractivity contribution < 1.29 is 9.53 Å². The lowest BCUT2D eigenvalue weighted by atomic mass is 10.1. The monoisotopic (exact) mass is 332 g/mol. The standard InChI is InChI=1S/C16H13ClN2O2S/c1-18-15(20)8-10-2-5-12(6-3-10)21-16-19-13-7-4-11(17)9-14(13)22-16/h2-7,9H,8H2,1H3,(H,18,20). The Kier molecular flexibility index (Phi) is 4.27. The van der Waals surface area contributed by atoms with Gasteiger partial charge in [0.2, 0.25) is 5.91 Å². The van der Waals surface area contributed by atoms with E-state index in [0.717, 1.165) is 15.8 Å². The lowest BCUT2D eigenvalue weighted by Crippen LogP contribution is -2.19. The van der Waals surface area contributed by atoms with Gasteiger partial charge in [-0.15, -0.1) is 0 Å². The number of halogens is 1. The minimum Gasteiger partial charge on any atom is -0.431 e. The third-order valence-electron chi connectivity index (χ3n) is 3.10. The summed E-state index contributed by atoms with van der Waals surface area (Å²) in [5.41, 5.74) is 1.79. The predicted octanol–water partition coefficient (Wildman–Crippen LogP) is 4.03. The van der Waals surface area contributed by atoms with E-state index in [1.54, 1.807) is 13.1 Å². The summed E-state index contributed by atoms with van der Waals surface area (Å²) in [5, 5.41) is 3.85. The summed E-state index contributed by atoms with van der Waals surface area (Å²) in [6.45, 7) is 0. The van der Waals surface area contributed by atoms with Crippen molar-refractivity contribution in [2.45, 2.75) is 6.42 Å². The van der Waals surface area contributed by atoms with E-state index in [4.69, 9.17) is 16.3 Å². The molecular weight excluding hydrogens is 320 g/mol. The first-order chi connectivity index (χ1) is 10.6. The molecule has 0 aliphatic rings. The van der Waals surface area contributed by atoms with E-state index in [9.17, 15) is 4.79 Å². The largest absolute Gasteiger partial charge is 0.431 e. The van der Waals surface area contributed by atoms with Crippen LogP contribution in [0.4, 0.5) is 0 Å².